The zero-order valence-electron chi connectivity index (χ0n) is 7.71. The number of amides is 1. The molecule has 1 aromatic rings. The predicted molar refractivity (Wildman–Crippen MR) is 64.1 cm³/mol. The summed E-state index contributed by atoms with van der Waals surface area (Å²) in [5.41, 5.74) is 6.88. The van der Waals surface area contributed by atoms with Crippen LogP contribution in [-0.4, -0.2) is 19.6 Å². The third-order valence-electron chi connectivity index (χ3n) is 1.56. The number of nitrogen functional groups attached to an aromatic ring is 1. The van der Waals surface area contributed by atoms with E-state index in [0.717, 1.165) is 3.57 Å². The van der Waals surface area contributed by atoms with E-state index in [1.807, 2.05) is 6.07 Å². The summed E-state index contributed by atoms with van der Waals surface area (Å²) in [5, 5.41) is 2.65. The zero-order chi connectivity index (χ0) is 10.6. The Kier molecular flexibility index (Phi) is 4.15. The summed E-state index contributed by atoms with van der Waals surface area (Å²) in [6.07, 6.45) is 0. The molecule has 0 saturated heterocycles. The van der Waals surface area contributed by atoms with Crippen LogP contribution in [-0.2, 0) is 9.53 Å². The Balaban J connectivity index is 2.72. The lowest BCUT2D eigenvalue weighted by molar-refractivity contribution is -0.119. The summed E-state index contributed by atoms with van der Waals surface area (Å²) in [6.45, 7) is 0.0332. The summed E-state index contributed by atoms with van der Waals surface area (Å²) in [6, 6.07) is 5.44. The van der Waals surface area contributed by atoms with E-state index < -0.39 is 0 Å². The molecular formula is C9H11IN2O2. The van der Waals surface area contributed by atoms with Gasteiger partial charge in [-0.05, 0) is 40.8 Å². The minimum Gasteiger partial charge on any atom is -0.397 e. The Hall–Kier alpha value is -0.820. The highest BCUT2D eigenvalue weighted by atomic mass is 127. The number of anilines is 2. The first-order valence-electron chi connectivity index (χ1n) is 3.97. The molecule has 0 spiro atoms. The van der Waals surface area contributed by atoms with Crippen LogP contribution in [0.4, 0.5) is 11.4 Å². The number of rotatable bonds is 3. The molecule has 0 aliphatic rings. The lowest BCUT2D eigenvalue weighted by Crippen LogP contribution is -2.17. The van der Waals surface area contributed by atoms with Gasteiger partial charge in [0.1, 0.15) is 6.61 Å². The fraction of sp³-hybridized carbons (Fsp3) is 0.222. The van der Waals surface area contributed by atoms with Gasteiger partial charge in [0.05, 0.1) is 11.4 Å². The van der Waals surface area contributed by atoms with E-state index in [2.05, 4.69) is 32.6 Å². The van der Waals surface area contributed by atoms with Crippen LogP contribution in [0.15, 0.2) is 18.2 Å². The maximum Gasteiger partial charge on any atom is 0.250 e. The minimum atomic E-state index is -0.208. The van der Waals surface area contributed by atoms with Crippen LogP contribution in [0.2, 0.25) is 0 Å². The van der Waals surface area contributed by atoms with Gasteiger partial charge in [-0.15, -0.1) is 0 Å². The smallest absolute Gasteiger partial charge is 0.250 e. The van der Waals surface area contributed by atoms with Crippen LogP contribution in [0.25, 0.3) is 0 Å². The van der Waals surface area contributed by atoms with Crippen LogP contribution in [0.1, 0.15) is 0 Å². The van der Waals surface area contributed by atoms with E-state index in [0.29, 0.717) is 11.4 Å². The second-order valence-corrected chi connectivity index (χ2v) is 3.96. The molecule has 3 N–H and O–H groups in total. The van der Waals surface area contributed by atoms with Gasteiger partial charge >= 0.3 is 0 Å². The van der Waals surface area contributed by atoms with Crippen molar-refractivity contribution in [1.82, 2.24) is 0 Å². The van der Waals surface area contributed by atoms with Gasteiger partial charge in [0.15, 0.2) is 0 Å². The number of hydrogen-bond acceptors (Lipinski definition) is 3. The lowest BCUT2D eigenvalue weighted by atomic mass is 10.3. The molecule has 4 nitrogen and oxygen atoms in total. The number of nitrogens with one attached hydrogen (secondary N) is 1. The summed E-state index contributed by atoms with van der Waals surface area (Å²) in [4.78, 5) is 11.2. The van der Waals surface area contributed by atoms with Gasteiger partial charge in [-0.3, -0.25) is 4.79 Å². The first kappa shape index (κ1) is 11.3. The van der Waals surface area contributed by atoms with Crippen molar-refractivity contribution in [3.63, 3.8) is 0 Å². The number of ether oxygens (including phenoxy) is 1. The fourth-order valence-corrected chi connectivity index (χ4v) is 1.48. The van der Waals surface area contributed by atoms with E-state index >= 15 is 0 Å². The van der Waals surface area contributed by atoms with Gasteiger partial charge in [-0.1, -0.05) is 0 Å². The summed E-state index contributed by atoms with van der Waals surface area (Å²) in [5.74, 6) is -0.208. The first-order chi connectivity index (χ1) is 6.63. The number of carbonyl (C=O) groups is 1. The summed E-state index contributed by atoms with van der Waals surface area (Å²) < 4.78 is 5.72. The minimum absolute atomic E-state index is 0.0332. The van der Waals surface area contributed by atoms with Crippen molar-refractivity contribution in [3.05, 3.63) is 21.8 Å². The normalized spacial score (nSPS) is 9.86. The second kappa shape index (κ2) is 5.16. The molecule has 5 heteroatoms. The van der Waals surface area contributed by atoms with Gasteiger partial charge in [-0.25, -0.2) is 0 Å². The summed E-state index contributed by atoms with van der Waals surface area (Å²) in [7, 11) is 1.47. The molecule has 14 heavy (non-hydrogen) atoms. The molecule has 0 radical (unpaired) electrons. The molecule has 0 bridgehead atoms. The number of nitrogens with two attached hydrogens (primary N) is 1. The Bertz CT molecular complexity index is 342. The fourth-order valence-electron chi connectivity index (χ4n) is 0.965. The molecule has 1 amide bonds. The average Bonchev–Trinajstić information content (AvgIpc) is 2.10. The van der Waals surface area contributed by atoms with Crippen molar-refractivity contribution < 1.29 is 9.53 Å². The Morgan fingerprint density at radius 1 is 1.64 bits per heavy atom. The lowest BCUT2D eigenvalue weighted by Gasteiger charge is -2.07. The molecule has 0 saturated carbocycles. The van der Waals surface area contributed by atoms with Gasteiger partial charge in [0.25, 0.3) is 0 Å². The molecule has 0 heterocycles. The highest BCUT2D eigenvalue weighted by Gasteiger charge is 2.04. The van der Waals surface area contributed by atoms with Crippen molar-refractivity contribution in [2.45, 2.75) is 0 Å². The van der Waals surface area contributed by atoms with Crippen molar-refractivity contribution >= 4 is 39.9 Å². The molecule has 1 aromatic carbocycles. The monoisotopic (exact) mass is 306 g/mol. The SMILES string of the molecule is COCC(=O)Nc1ccc(I)cc1N. The van der Waals surface area contributed by atoms with Gasteiger partial charge in [0.2, 0.25) is 5.91 Å². The largest absolute Gasteiger partial charge is 0.397 e. The van der Waals surface area contributed by atoms with Crippen LogP contribution in [0.3, 0.4) is 0 Å². The maximum absolute atomic E-state index is 11.2. The third kappa shape index (κ3) is 3.15. The van der Waals surface area contributed by atoms with Crippen molar-refractivity contribution in [2.24, 2.45) is 0 Å². The maximum atomic E-state index is 11.2. The quantitative estimate of drug-likeness (QED) is 0.656. The molecule has 0 atom stereocenters. The highest BCUT2D eigenvalue weighted by molar-refractivity contribution is 14.1. The van der Waals surface area contributed by atoms with E-state index in [1.54, 1.807) is 12.1 Å². The Morgan fingerprint density at radius 3 is 2.93 bits per heavy atom. The number of halogens is 1. The van der Waals surface area contributed by atoms with Gasteiger partial charge in [0, 0.05) is 10.7 Å². The van der Waals surface area contributed by atoms with Crippen molar-refractivity contribution in [3.8, 4) is 0 Å². The van der Waals surface area contributed by atoms with Crippen LogP contribution in [0, 0.1) is 3.57 Å². The second-order valence-electron chi connectivity index (χ2n) is 2.71. The van der Waals surface area contributed by atoms with Crippen LogP contribution < -0.4 is 11.1 Å². The van der Waals surface area contributed by atoms with Gasteiger partial charge < -0.3 is 15.8 Å². The number of hydrogen-bond donors (Lipinski definition) is 2. The van der Waals surface area contributed by atoms with Crippen molar-refractivity contribution in [2.75, 3.05) is 24.8 Å². The molecule has 76 valence electrons. The number of methoxy groups -OCH3 is 1. The first-order valence-corrected chi connectivity index (χ1v) is 5.05. The van der Waals surface area contributed by atoms with E-state index in [4.69, 9.17) is 5.73 Å². The molecule has 0 unspecified atom stereocenters. The van der Waals surface area contributed by atoms with E-state index in [1.165, 1.54) is 7.11 Å². The highest BCUT2D eigenvalue weighted by Crippen LogP contribution is 2.20. The van der Waals surface area contributed by atoms with Gasteiger partial charge in [-0.2, -0.15) is 0 Å². The van der Waals surface area contributed by atoms with Crippen LogP contribution >= 0.6 is 22.6 Å². The predicted octanol–water partition coefficient (Wildman–Crippen LogP) is 1.46. The van der Waals surface area contributed by atoms with Crippen LogP contribution in [0.5, 0.6) is 0 Å². The standard InChI is InChI=1S/C9H11IN2O2/c1-14-5-9(13)12-8-3-2-6(10)4-7(8)11/h2-4H,5,11H2,1H3,(H,12,13). The third-order valence-corrected chi connectivity index (χ3v) is 2.23. The zero-order valence-corrected chi connectivity index (χ0v) is 9.87. The molecule has 0 aromatic heterocycles. The molecule has 1 rings (SSSR count). The molecule has 0 aliphatic heterocycles. The molecule has 0 fully saturated rings. The Labute approximate surface area is 96.0 Å². The molecular weight excluding hydrogens is 295 g/mol. The summed E-state index contributed by atoms with van der Waals surface area (Å²) >= 11 is 2.16. The topological polar surface area (TPSA) is 64.3 Å². The number of carbonyl (C=O) groups excluding carboxylic acids is 1. The average molecular weight is 306 g/mol. The van der Waals surface area contributed by atoms with E-state index in [9.17, 15) is 4.79 Å². The Morgan fingerprint density at radius 2 is 2.36 bits per heavy atom. The van der Waals surface area contributed by atoms with Crippen molar-refractivity contribution in [1.29, 1.82) is 0 Å². The van der Waals surface area contributed by atoms with E-state index in [-0.39, 0.29) is 12.5 Å². The number of benzene rings is 1. The molecule has 0 aliphatic carbocycles.